The number of hydrogen-bond acceptors (Lipinski definition) is 7. The van der Waals surface area contributed by atoms with Crippen LogP contribution in [-0.4, -0.2) is 36.7 Å². The summed E-state index contributed by atoms with van der Waals surface area (Å²) in [7, 11) is 0. The van der Waals surface area contributed by atoms with E-state index in [4.69, 9.17) is 0 Å². The second-order valence-corrected chi connectivity index (χ2v) is 6.39. The average Bonchev–Trinajstić information content (AvgIpc) is 2.24. The van der Waals surface area contributed by atoms with E-state index in [0.29, 0.717) is 0 Å². The molecule has 4 bridgehead atoms. The third-order valence-corrected chi connectivity index (χ3v) is 5.34. The van der Waals surface area contributed by atoms with E-state index in [0.717, 1.165) is 0 Å². The predicted octanol–water partition coefficient (Wildman–Crippen LogP) is 0.206. The Morgan fingerprint density at radius 2 is 1.30 bits per heavy atom. The molecule has 0 saturated heterocycles. The molecular weight excluding hydrogens is 274 g/mol. The fraction of sp³-hybridized carbons (Fsp3) is 1.00. The smallest absolute Gasteiger partial charge is 0.390 e. The van der Waals surface area contributed by atoms with Gasteiger partial charge in [0.1, 0.15) is 11.8 Å². The van der Waals surface area contributed by atoms with E-state index in [9.17, 15) is 35.4 Å². The molecular formula is C10H13N3O7. The van der Waals surface area contributed by atoms with E-state index in [1.54, 1.807) is 0 Å². The summed E-state index contributed by atoms with van der Waals surface area (Å²) >= 11 is 0. The molecule has 4 aliphatic carbocycles. The summed E-state index contributed by atoms with van der Waals surface area (Å²) in [5.41, 5.74) is -5.21. The van der Waals surface area contributed by atoms with Crippen LogP contribution in [-0.2, 0) is 0 Å². The molecule has 0 heterocycles. The molecule has 4 fully saturated rings. The molecule has 0 spiro atoms. The van der Waals surface area contributed by atoms with Crippen LogP contribution in [0.2, 0.25) is 0 Å². The first-order valence-corrected chi connectivity index (χ1v) is 6.32. The SMILES string of the molecule is O=[N+]([O-])C12C[C@H]3CC(O)(C[C@@H](C1)C3([N+](=O)[O-])[N+](=O)[O-])C2. The Labute approximate surface area is 112 Å². The Bertz CT molecular complexity index is 501. The van der Waals surface area contributed by atoms with Crippen molar-refractivity contribution in [1.29, 1.82) is 0 Å². The predicted molar refractivity (Wildman–Crippen MR) is 61.5 cm³/mol. The molecule has 4 atom stereocenters. The van der Waals surface area contributed by atoms with Crippen LogP contribution in [0.5, 0.6) is 0 Å². The molecule has 0 aromatic rings. The van der Waals surface area contributed by atoms with Gasteiger partial charge in [-0.15, -0.1) is 0 Å². The van der Waals surface area contributed by atoms with Gasteiger partial charge in [0.15, 0.2) is 0 Å². The van der Waals surface area contributed by atoms with Crippen LogP contribution in [0.1, 0.15) is 32.1 Å². The van der Waals surface area contributed by atoms with Crippen LogP contribution < -0.4 is 0 Å². The van der Waals surface area contributed by atoms with Crippen molar-refractivity contribution in [2.75, 3.05) is 0 Å². The molecule has 0 radical (unpaired) electrons. The molecule has 0 amide bonds. The second-order valence-electron chi connectivity index (χ2n) is 6.39. The van der Waals surface area contributed by atoms with Gasteiger partial charge < -0.3 is 5.11 Å². The standard InChI is InChI=1S/C10H13N3O7/c14-9-3-6-1-8(5-9,11(15)16)2-7(4-9)10(6,12(17)18)13(19)20/h6-7,14H,1-5H2/t6-,7+,8?,9?. The first kappa shape index (κ1) is 13.2. The molecule has 4 rings (SSSR count). The highest BCUT2D eigenvalue weighted by molar-refractivity contribution is 5.15. The van der Waals surface area contributed by atoms with E-state index >= 15 is 0 Å². The topological polar surface area (TPSA) is 150 Å². The molecule has 1 N–H and O–H groups in total. The summed E-state index contributed by atoms with van der Waals surface area (Å²) < 4.78 is 0. The molecule has 20 heavy (non-hydrogen) atoms. The van der Waals surface area contributed by atoms with Crippen molar-refractivity contribution in [2.45, 2.75) is 48.9 Å². The lowest BCUT2D eigenvalue weighted by Gasteiger charge is -2.56. The second kappa shape index (κ2) is 3.43. The minimum absolute atomic E-state index is 0.0640. The van der Waals surface area contributed by atoms with Gasteiger partial charge in [-0.1, -0.05) is 0 Å². The van der Waals surface area contributed by atoms with Gasteiger partial charge in [0, 0.05) is 24.2 Å². The fourth-order valence-corrected chi connectivity index (χ4v) is 4.86. The van der Waals surface area contributed by atoms with E-state index in [2.05, 4.69) is 0 Å². The van der Waals surface area contributed by atoms with Crippen molar-refractivity contribution in [3.63, 3.8) is 0 Å². The quantitative estimate of drug-likeness (QED) is 0.442. The van der Waals surface area contributed by atoms with Gasteiger partial charge in [0.25, 0.3) is 0 Å². The number of aliphatic hydroxyl groups is 1. The Balaban J connectivity index is 2.13. The van der Waals surface area contributed by atoms with Gasteiger partial charge >= 0.3 is 5.66 Å². The molecule has 2 unspecified atom stereocenters. The van der Waals surface area contributed by atoms with Crippen molar-refractivity contribution >= 4 is 0 Å². The Morgan fingerprint density at radius 1 is 0.850 bits per heavy atom. The molecule has 10 nitrogen and oxygen atoms in total. The summed E-state index contributed by atoms with van der Waals surface area (Å²) in [6.07, 6.45) is -0.699. The monoisotopic (exact) mass is 287 g/mol. The molecule has 0 aliphatic heterocycles. The minimum Gasteiger partial charge on any atom is -0.390 e. The maximum Gasteiger partial charge on any atom is 0.464 e. The maximum absolute atomic E-state index is 11.3. The average molecular weight is 287 g/mol. The molecule has 110 valence electrons. The van der Waals surface area contributed by atoms with Gasteiger partial charge in [-0.2, -0.15) is 0 Å². The summed E-state index contributed by atoms with van der Waals surface area (Å²) in [5.74, 6) is -2.19. The van der Waals surface area contributed by atoms with E-state index in [1.165, 1.54) is 0 Å². The first-order chi connectivity index (χ1) is 9.16. The Morgan fingerprint density at radius 3 is 1.65 bits per heavy atom. The van der Waals surface area contributed by atoms with Crippen molar-refractivity contribution < 1.29 is 19.9 Å². The molecule has 4 saturated carbocycles. The molecule has 0 aromatic heterocycles. The molecule has 0 aromatic carbocycles. The van der Waals surface area contributed by atoms with Crippen LogP contribution in [0, 0.1) is 42.2 Å². The highest BCUT2D eigenvalue weighted by atomic mass is 16.7. The zero-order valence-electron chi connectivity index (χ0n) is 10.4. The number of nitrogens with zero attached hydrogens (tertiary/aromatic N) is 3. The largest absolute Gasteiger partial charge is 0.464 e. The number of rotatable bonds is 3. The zero-order chi connectivity index (χ0) is 14.9. The van der Waals surface area contributed by atoms with Crippen LogP contribution in [0.15, 0.2) is 0 Å². The summed E-state index contributed by atoms with van der Waals surface area (Å²) in [6, 6.07) is 0. The van der Waals surface area contributed by atoms with E-state index < -0.39 is 43.4 Å². The van der Waals surface area contributed by atoms with Gasteiger partial charge in [0.05, 0.1) is 15.4 Å². The zero-order valence-corrected chi connectivity index (χ0v) is 10.4. The van der Waals surface area contributed by atoms with Gasteiger partial charge in [-0.05, 0) is 12.8 Å². The summed E-state index contributed by atoms with van der Waals surface area (Å²) in [4.78, 5) is 31.7. The van der Waals surface area contributed by atoms with Crippen molar-refractivity contribution in [1.82, 2.24) is 0 Å². The van der Waals surface area contributed by atoms with Crippen LogP contribution in [0.3, 0.4) is 0 Å². The number of hydrogen-bond donors (Lipinski definition) is 1. The van der Waals surface area contributed by atoms with Crippen LogP contribution in [0.25, 0.3) is 0 Å². The highest BCUT2D eigenvalue weighted by Crippen LogP contribution is 2.63. The number of nitro groups is 3. The third kappa shape index (κ3) is 1.27. The normalized spacial score (nSPS) is 44.2. The lowest BCUT2D eigenvalue weighted by molar-refractivity contribution is -0.830. The minimum atomic E-state index is -2.38. The molecule has 10 heteroatoms. The third-order valence-electron chi connectivity index (χ3n) is 5.34. The van der Waals surface area contributed by atoms with Gasteiger partial charge in [-0.3, -0.25) is 30.3 Å². The highest BCUT2D eigenvalue weighted by Gasteiger charge is 2.82. The molecule has 4 aliphatic rings. The van der Waals surface area contributed by atoms with E-state index in [1.807, 2.05) is 0 Å². The fourth-order valence-electron chi connectivity index (χ4n) is 4.86. The lowest BCUT2D eigenvalue weighted by Crippen LogP contribution is -2.75. The van der Waals surface area contributed by atoms with E-state index in [-0.39, 0.29) is 32.1 Å². The first-order valence-electron chi connectivity index (χ1n) is 6.32. The Kier molecular flexibility index (Phi) is 2.25. The van der Waals surface area contributed by atoms with Gasteiger partial charge in [0.2, 0.25) is 5.54 Å². The Hall–Kier alpha value is -1.84. The van der Waals surface area contributed by atoms with Gasteiger partial charge in [-0.25, -0.2) is 0 Å². The van der Waals surface area contributed by atoms with Crippen molar-refractivity contribution in [2.24, 2.45) is 11.8 Å². The summed E-state index contributed by atoms with van der Waals surface area (Å²) in [6.45, 7) is 0. The van der Waals surface area contributed by atoms with Crippen LogP contribution >= 0.6 is 0 Å². The lowest BCUT2D eigenvalue weighted by atomic mass is 9.47. The maximum atomic E-state index is 11.3. The summed E-state index contributed by atoms with van der Waals surface area (Å²) in [5, 5.41) is 44.4. The van der Waals surface area contributed by atoms with Crippen molar-refractivity contribution in [3.05, 3.63) is 30.3 Å². The van der Waals surface area contributed by atoms with Crippen LogP contribution in [0.4, 0.5) is 0 Å². The van der Waals surface area contributed by atoms with Crippen molar-refractivity contribution in [3.8, 4) is 0 Å².